The lowest BCUT2D eigenvalue weighted by molar-refractivity contribution is 0.573. The molecule has 0 unspecified atom stereocenters. The first-order valence-corrected chi connectivity index (χ1v) is 8.88. The maximum atomic E-state index is 12.4. The van der Waals surface area contributed by atoms with E-state index in [0.29, 0.717) is 5.13 Å². The number of rotatable bonds is 3. The van der Waals surface area contributed by atoms with Crippen LogP contribution in [0.5, 0.6) is 0 Å². The first-order chi connectivity index (χ1) is 9.61. The van der Waals surface area contributed by atoms with Crippen LogP contribution in [-0.2, 0) is 15.4 Å². The quantitative estimate of drug-likeness (QED) is 0.834. The summed E-state index contributed by atoms with van der Waals surface area (Å²) in [7, 11) is -3.87. The summed E-state index contributed by atoms with van der Waals surface area (Å²) < 4.78 is 27.2. The number of thiazole rings is 1. The van der Waals surface area contributed by atoms with Gasteiger partial charge in [0.1, 0.15) is 4.90 Å². The lowest BCUT2D eigenvalue weighted by atomic mass is 9.93. The zero-order valence-electron chi connectivity index (χ0n) is 11.8. The Morgan fingerprint density at radius 3 is 2.52 bits per heavy atom. The second-order valence-electron chi connectivity index (χ2n) is 5.55. The van der Waals surface area contributed by atoms with Gasteiger partial charge in [0, 0.05) is 10.8 Å². The SMILES string of the molecule is CC(C)(C)c1csc(NS(=O)(=O)c2c(N)cccc2Cl)n1. The average molecular weight is 346 g/mol. The third-order valence-electron chi connectivity index (χ3n) is 2.76. The second kappa shape index (κ2) is 5.47. The van der Waals surface area contributed by atoms with E-state index in [1.807, 2.05) is 26.2 Å². The smallest absolute Gasteiger partial charge is 0.267 e. The van der Waals surface area contributed by atoms with Gasteiger partial charge in [-0.3, -0.25) is 4.72 Å². The van der Waals surface area contributed by atoms with Crippen LogP contribution in [0.2, 0.25) is 5.02 Å². The number of nitrogens with two attached hydrogens (primary N) is 1. The first kappa shape index (κ1) is 16.1. The van der Waals surface area contributed by atoms with Crippen LogP contribution >= 0.6 is 22.9 Å². The summed E-state index contributed by atoms with van der Waals surface area (Å²) in [6.07, 6.45) is 0. The Labute approximate surface area is 133 Å². The Hall–Kier alpha value is -1.31. The van der Waals surface area contributed by atoms with E-state index in [1.165, 1.54) is 23.5 Å². The molecule has 0 aliphatic heterocycles. The lowest BCUT2D eigenvalue weighted by Crippen LogP contribution is -2.16. The number of hydrogen-bond acceptors (Lipinski definition) is 5. The lowest BCUT2D eigenvalue weighted by Gasteiger charge is -2.14. The van der Waals surface area contributed by atoms with E-state index in [9.17, 15) is 8.42 Å². The van der Waals surface area contributed by atoms with Crippen molar-refractivity contribution < 1.29 is 8.42 Å². The molecule has 0 fully saturated rings. The molecule has 3 N–H and O–H groups in total. The van der Waals surface area contributed by atoms with Crippen molar-refractivity contribution in [2.75, 3.05) is 10.5 Å². The predicted molar refractivity (Wildman–Crippen MR) is 87.5 cm³/mol. The number of halogens is 1. The van der Waals surface area contributed by atoms with Gasteiger partial charge in [-0.1, -0.05) is 38.4 Å². The van der Waals surface area contributed by atoms with Gasteiger partial charge in [0.05, 0.1) is 16.4 Å². The van der Waals surface area contributed by atoms with E-state index in [0.717, 1.165) is 5.69 Å². The Kier molecular flexibility index (Phi) is 4.19. The zero-order chi connectivity index (χ0) is 15.8. The highest BCUT2D eigenvalue weighted by Gasteiger charge is 2.24. The third kappa shape index (κ3) is 3.48. The Balaban J connectivity index is 2.36. The van der Waals surface area contributed by atoms with Crippen molar-refractivity contribution in [1.29, 1.82) is 0 Å². The molecule has 1 aromatic carbocycles. The number of nitrogen functional groups attached to an aromatic ring is 1. The van der Waals surface area contributed by atoms with Crippen molar-refractivity contribution in [2.45, 2.75) is 31.1 Å². The summed E-state index contributed by atoms with van der Waals surface area (Å²) in [6.45, 7) is 6.02. The van der Waals surface area contributed by atoms with Crippen molar-refractivity contribution in [3.8, 4) is 0 Å². The van der Waals surface area contributed by atoms with Gasteiger partial charge in [0.25, 0.3) is 10.0 Å². The average Bonchev–Trinajstić information content (AvgIpc) is 2.75. The highest BCUT2D eigenvalue weighted by molar-refractivity contribution is 7.93. The van der Waals surface area contributed by atoms with Crippen molar-refractivity contribution >= 4 is 43.8 Å². The maximum Gasteiger partial charge on any atom is 0.267 e. The number of benzene rings is 1. The van der Waals surface area contributed by atoms with Crippen LogP contribution in [0.15, 0.2) is 28.5 Å². The largest absolute Gasteiger partial charge is 0.398 e. The van der Waals surface area contributed by atoms with Gasteiger partial charge in [-0.15, -0.1) is 11.3 Å². The number of anilines is 2. The zero-order valence-corrected chi connectivity index (χ0v) is 14.2. The van der Waals surface area contributed by atoms with Crippen LogP contribution in [0.25, 0.3) is 0 Å². The Morgan fingerprint density at radius 2 is 2.00 bits per heavy atom. The molecule has 114 valence electrons. The van der Waals surface area contributed by atoms with Crippen molar-refractivity contribution in [1.82, 2.24) is 4.98 Å². The molecule has 2 rings (SSSR count). The molecule has 1 aromatic heterocycles. The number of sulfonamides is 1. The van der Waals surface area contributed by atoms with Gasteiger partial charge >= 0.3 is 0 Å². The monoisotopic (exact) mass is 345 g/mol. The van der Waals surface area contributed by atoms with Gasteiger partial charge < -0.3 is 5.73 Å². The molecule has 0 atom stereocenters. The summed E-state index contributed by atoms with van der Waals surface area (Å²) in [5.74, 6) is 0. The number of nitrogens with zero attached hydrogens (tertiary/aromatic N) is 1. The fourth-order valence-corrected chi connectivity index (χ4v) is 4.51. The van der Waals surface area contributed by atoms with Crippen molar-refractivity contribution in [3.05, 3.63) is 34.3 Å². The highest BCUT2D eigenvalue weighted by Crippen LogP contribution is 2.31. The molecule has 21 heavy (non-hydrogen) atoms. The molecule has 0 aliphatic carbocycles. The fourth-order valence-electron chi connectivity index (χ4n) is 1.64. The molecular formula is C13H16ClN3O2S2. The van der Waals surface area contributed by atoms with Gasteiger partial charge in [-0.05, 0) is 12.1 Å². The van der Waals surface area contributed by atoms with Crippen LogP contribution in [-0.4, -0.2) is 13.4 Å². The molecule has 0 saturated heterocycles. The van der Waals surface area contributed by atoms with E-state index in [4.69, 9.17) is 17.3 Å². The third-order valence-corrected chi connectivity index (χ3v) is 5.53. The fraction of sp³-hybridized carbons (Fsp3) is 0.308. The minimum Gasteiger partial charge on any atom is -0.398 e. The summed E-state index contributed by atoms with van der Waals surface area (Å²) in [5, 5.41) is 2.20. The summed E-state index contributed by atoms with van der Waals surface area (Å²) >= 11 is 7.17. The molecule has 8 heteroatoms. The van der Waals surface area contributed by atoms with Crippen LogP contribution < -0.4 is 10.5 Å². The van der Waals surface area contributed by atoms with E-state index in [1.54, 1.807) is 6.07 Å². The van der Waals surface area contributed by atoms with Crippen molar-refractivity contribution in [3.63, 3.8) is 0 Å². The number of hydrogen-bond donors (Lipinski definition) is 2. The molecule has 0 spiro atoms. The second-order valence-corrected chi connectivity index (χ2v) is 8.44. The molecule has 0 amide bonds. The molecule has 0 bridgehead atoms. The first-order valence-electron chi connectivity index (χ1n) is 6.14. The van der Waals surface area contributed by atoms with Gasteiger partial charge in [0.15, 0.2) is 5.13 Å². The van der Waals surface area contributed by atoms with Crippen LogP contribution in [0.3, 0.4) is 0 Å². The van der Waals surface area contributed by atoms with Gasteiger partial charge in [-0.25, -0.2) is 13.4 Å². The normalized spacial score (nSPS) is 12.4. The summed E-state index contributed by atoms with van der Waals surface area (Å²) in [4.78, 5) is 4.17. The van der Waals surface area contributed by atoms with Gasteiger partial charge in [-0.2, -0.15) is 0 Å². The highest BCUT2D eigenvalue weighted by atomic mass is 35.5. The molecule has 0 radical (unpaired) electrons. The minimum atomic E-state index is -3.87. The summed E-state index contributed by atoms with van der Waals surface area (Å²) in [5.41, 5.74) is 6.48. The standard InChI is InChI=1S/C13H16ClN3O2S2/c1-13(2,3)10-7-20-12(16-10)17-21(18,19)11-8(14)5-4-6-9(11)15/h4-7H,15H2,1-3H3,(H,16,17). The van der Waals surface area contributed by atoms with E-state index in [-0.39, 0.29) is 21.0 Å². The van der Waals surface area contributed by atoms with Crippen LogP contribution in [0, 0.1) is 0 Å². The van der Waals surface area contributed by atoms with E-state index >= 15 is 0 Å². The topological polar surface area (TPSA) is 85.1 Å². The molecule has 2 aromatic rings. The summed E-state index contributed by atoms with van der Waals surface area (Å²) in [6, 6.07) is 4.57. The molecule has 0 aliphatic rings. The Morgan fingerprint density at radius 1 is 1.33 bits per heavy atom. The molecule has 0 saturated carbocycles. The Bertz CT molecular complexity index is 744. The van der Waals surface area contributed by atoms with Gasteiger partial charge in [0.2, 0.25) is 0 Å². The maximum absolute atomic E-state index is 12.4. The van der Waals surface area contributed by atoms with E-state index in [2.05, 4.69) is 9.71 Å². The molecule has 5 nitrogen and oxygen atoms in total. The van der Waals surface area contributed by atoms with Crippen molar-refractivity contribution in [2.24, 2.45) is 0 Å². The number of aromatic nitrogens is 1. The van der Waals surface area contributed by atoms with Crippen LogP contribution in [0.1, 0.15) is 26.5 Å². The van der Waals surface area contributed by atoms with Crippen LogP contribution in [0.4, 0.5) is 10.8 Å². The van der Waals surface area contributed by atoms with E-state index < -0.39 is 10.0 Å². The minimum absolute atomic E-state index is 0.0788. The molecule has 1 heterocycles. The molecular weight excluding hydrogens is 330 g/mol. The predicted octanol–water partition coefficient (Wildman–Crippen LogP) is 3.48. The number of nitrogens with one attached hydrogen (secondary N) is 1.